The maximum atomic E-state index is 5.96. The summed E-state index contributed by atoms with van der Waals surface area (Å²) in [6, 6.07) is 8.21. The lowest BCUT2D eigenvalue weighted by Gasteiger charge is -2.08. The van der Waals surface area contributed by atoms with Gasteiger partial charge in [0.05, 0.1) is 19.9 Å². The van der Waals surface area contributed by atoms with E-state index in [4.69, 9.17) is 10.5 Å². The Bertz CT molecular complexity index is 522. The Morgan fingerprint density at radius 2 is 2.16 bits per heavy atom. The van der Waals surface area contributed by atoms with E-state index in [9.17, 15) is 0 Å². The Balaban J connectivity index is 2.07. The Labute approximate surface area is 114 Å². The maximum Gasteiger partial charge on any atom is 0.123 e. The second-order valence-electron chi connectivity index (χ2n) is 4.73. The van der Waals surface area contributed by atoms with Crippen LogP contribution in [0, 0.1) is 0 Å². The Morgan fingerprint density at radius 3 is 2.89 bits per heavy atom. The van der Waals surface area contributed by atoms with Crippen molar-refractivity contribution in [3.63, 3.8) is 0 Å². The number of nitrogens with two attached hydrogens (primary N) is 1. The Hall–Kier alpha value is -1.81. The van der Waals surface area contributed by atoms with E-state index in [0.717, 1.165) is 24.2 Å². The van der Waals surface area contributed by atoms with Crippen molar-refractivity contribution in [3.8, 4) is 5.75 Å². The van der Waals surface area contributed by atoms with Crippen molar-refractivity contribution in [3.05, 3.63) is 47.8 Å². The fraction of sp³-hybridized carbons (Fsp3) is 0.400. The molecule has 1 atom stereocenters. The molecule has 0 aliphatic heterocycles. The predicted molar refractivity (Wildman–Crippen MR) is 76.3 cm³/mol. The molecular weight excluding hydrogens is 238 g/mol. The lowest BCUT2D eigenvalue weighted by Crippen LogP contribution is -2.21. The van der Waals surface area contributed by atoms with Gasteiger partial charge in [-0.05, 0) is 24.5 Å². The third-order valence-electron chi connectivity index (χ3n) is 3.23. The molecule has 0 fully saturated rings. The average molecular weight is 259 g/mol. The van der Waals surface area contributed by atoms with E-state index >= 15 is 0 Å². The van der Waals surface area contributed by atoms with Crippen LogP contribution in [0.1, 0.15) is 24.5 Å². The molecule has 0 aliphatic rings. The fourth-order valence-electron chi connectivity index (χ4n) is 2.05. The van der Waals surface area contributed by atoms with Gasteiger partial charge in [-0.25, -0.2) is 0 Å². The minimum atomic E-state index is 0.212. The largest absolute Gasteiger partial charge is 0.496 e. The lowest BCUT2D eigenvalue weighted by molar-refractivity contribution is 0.407. The van der Waals surface area contributed by atoms with Crippen LogP contribution in [0.25, 0.3) is 0 Å². The molecular formula is C15H21N3O. The molecule has 19 heavy (non-hydrogen) atoms. The third kappa shape index (κ3) is 3.58. The minimum absolute atomic E-state index is 0.212. The molecule has 1 aromatic carbocycles. The van der Waals surface area contributed by atoms with Gasteiger partial charge in [0.15, 0.2) is 0 Å². The number of ether oxygens (including phenoxy) is 1. The molecule has 1 aromatic heterocycles. The number of hydrogen-bond acceptors (Lipinski definition) is 3. The number of aromatic nitrogens is 2. The zero-order valence-corrected chi connectivity index (χ0v) is 11.5. The number of benzene rings is 1. The second-order valence-corrected chi connectivity index (χ2v) is 4.73. The van der Waals surface area contributed by atoms with Crippen LogP contribution in [-0.2, 0) is 13.0 Å². The summed E-state index contributed by atoms with van der Waals surface area (Å²) in [6.45, 7) is 2.81. The first-order valence-corrected chi connectivity index (χ1v) is 6.61. The molecule has 2 aromatic rings. The summed E-state index contributed by atoms with van der Waals surface area (Å²) < 4.78 is 7.27. The van der Waals surface area contributed by atoms with E-state index in [2.05, 4.69) is 24.3 Å². The smallest absolute Gasteiger partial charge is 0.123 e. The standard InChI is InChI=1S/C15H21N3O/c1-3-14(16)8-12-9-17-18(10-12)11-13-6-4-5-7-15(13)19-2/h4-7,9-10,14H,3,8,11,16H2,1-2H3. The third-order valence-corrected chi connectivity index (χ3v) is 3.23. The van der Waals surface area contributed by atoms with E-state index in [1.54, 1.807) is 7.11 Å². The van der Waals surface area contributed by atoms with Crippen molar-refractivity contribution < 1.29 is 4.74 Å². The molecule has 0 spiro atoms. The second kappa shape index (κ2) is 6.38. The molecule has 4 heteroatoms. The molecule has 0 saturated carbocycles. The number of methoxy groups -OCH3 is 1. The first-order valence-electron chi connectivity index (χ1n) is 6.61. The first-order chi connectivity index (χ1) is 9.22. The number of hydrogen-bond donors (Lipinski definition) is 1. The van der Waals surface area contributed by atoms with Crippen LogP contribution < -0.4 is 10.5 Å². The van der Waals surface area contributed by atoms with Crippen molar-refractivity contribution in [1.82, 2.24) is 9.78 Å². The fourth-order valence-corrected chi connectivity index (χ4v) is 2.05. The van der Waals surface area contributed by atoms with Gasteiger partial charge in [0.25, 0.3) is 0 Å². The summed E-state index contributed by atoms with van der Waals surface area (Å²) >= 11 is 0. The van der Waals surface area contributed by atoms with E-state index < -0.39 is 0 Å². The minimum Gasteiger partial charge on any atom is -0.496 e. The zero-order valence-electron chi connectivity index (χ0n) is 11.5. The lowest BCUT2D eigenvalue weighted by atomic mass is 10.1. The molecule has 1 heterocycles. The zero-order chi connectivity index (χ0) is 13.7. The van der Waals surface area contributed by atoms with E-state index in [-0.39, 0.29) is 6.04 Å². The molecule has 1 unspecified atom stereocenters. The highest BCUT2D eigenvalue weighted by Gasteiger charge is 2.06. The first kappa shape index (κ1) is 13.6. The summed E-state index contributed by atoms with van der Waals surface area (Å²) in [5, 5.41) is 4.38. The highest BCUT2D eigenvalue weighted by molar-refractivity contribution is 5.33. The number of para-hydroxylation sites is 1. The van der Waals surface area contributed by atoms with Crippen molar-refractivity contribution in [1.29, 1.82) is 0 Å². The molecule has 102 valence electrons. The molecule has 4 nitrogen and oxygen atoms in total. The van der Waals surface area contributed by atoms with Crippen LogP contribution in [0.5, 0.6) is 5.75 Å². The monoisotopic (exact) mass is 259 g/mol. The quantitative estimate of drug-likeness (QED) is 0.865. The molecule has 0 aliphatic carbocycles. The van der Waals surface area contributed by atoms with Crippen molar-refractivity contribution in [2.24, 2.45) is 5.73 Å². The molecule has 0 radical (unpaired) electrons. The summed E-state index contributed by atoms with van der Waals surface area (Å²) in [4.78, 5) is 0. The van der Waals surface area contributed by atoms with Gasteiger partial charge in [-0.15, -0.1) is 0 Å². The molecule has 2 rings (SSSR count). The maximum absolute atomic E-state index is 5.96. The summed E-state index contributed by atoms with van der Waals surface area (Å²) in [6.07, 6.45) is 5.81. The van der Waals surface area contributed by atoms with Crippen LogP contribution in [0.2, 0.25) is 0 Å². The van der Waals surface area contributed by atoms with Crippen LogP contribution in [0.3, 0.4) is 0 Å². The predicted octanol–water partition coefficient (Wildman–Crippen LogP) is 2.22. The Kier molecular flexibility index (Phi) is 4.58. The normalized spacial score (nSPS) is 12.4. The van der Waals surface area contributed by atoms with Crippen LogP contribution in [-0.4, -0.2) is 22.9 Å². The molecule has 0 bridgehead atoms. The van der Waals surface area contributed by atoms with Crippen LogP contribution >= 0.6 is 0 Å². The number of rotatable bonds is 6. The van der Waals surface area contributed by atoms with Gasteiger partial charge in [0.1, 0.15) is 5.75 Å². The van der Waals surface area contributed by atoms with Crippen LogP contribution in [0.4, 0.5) is 0 Å². The van der Waals surface area contributed by atoms with E-state index in [1.165, 1.54) is 5.56 Å². The highest BCUT2D eigenvalue weighted by atomic mass is 16.5. The average Bonchev–Trinajstić information content (AvgIpc) is 2.86. The van der Waals surface area contributed by atoms with Crippen LogP contribution in [0.15, 0.2) is 36.7 Å². The summed E-state index contributed by atoms with van der Waals surface area (Å²) in [7, 11) is 1.69. The van der Waals surface area contributed by atoms with Gasteiger partial charge in [-0.1, -0.05) is 25.1 Å². The van der Waals surface area contributed by atoms with Gasteiger partial charge < -0.3 is 10.5 Å². The van der Waals surface area contributed by atoms with Gasteiger partial charge >= 0.3 is 0 Å². The summed E-state index contributed by atoms with van der Waals surface area (Å²) in [5.41, 5.74) is 8.26. The van der Waals surface area contributed by atoms with E-state index in [0.29, 0.717) is 6.54 Å². The van der Waals surface area contributed by atoms with Gasteiger partial charge in [-0.3, -0.25) is 4.68 Å². The van der Waals surface area contributed by atoms with E-state index in [1.807, 2.05) is 29.1 Å². The topological polar surface area (TPSA) is 53.1 Å². The van der Waals surface area contributed by atoms with Crippen molar-refractivity contribution in [2.75, 3.05) is 7.11 Å². The molecule has 0 saturated heterocycles. The highest BCUT2D eigenvalue weighted by Crippen LogP contribution is 2.18. The van der Waals surface area contributed by atoms with Crippen molar-refractivity contribution >= 4 is 0 Å². The SMILES string of the molecule is CCC(N)Cc1cnn(Cc2ccccc2OC)c1. The number of nitrogens with zero attached hydrogens (tertiary/aromatic N) is 2. The summed E-state index contributed by atoms with van der Waals surface area (Å²) in [5.74, 6) is 0.893. The molecule has 2 N–H and O–H groups in total. The Morgan fingerprint density at radius 1 is 1.37 bits per heavy atom. The van der Waals surface area contributed by atoms with Gasteiger partial charge in [-0.2, -0.15) is 5.10 Å². The molecule has 0 amide bonds. The van der Waals surface area contributed by atoms with Crippen molar-refractivity contribution in [2.45, 2.75) is 32.4 Å². The van der Waals surface area contributed by atoms with Gasteiger partial charge in [0.2, 0.25) is 0 Å². The van der Waals surface area contributed by atoms with Gasteiger partial charge in [0, 0.05) is 17.8 Å².